The topological polar surface area (TPSA) is 49.6 Å². The van der Waals surface area contributed by atoms with Gasteiger partial charge in [-0.2, -0.15) is 0 Å². The highest BCUT2D eigenvalue weighted by atomic mass is 16.2. The van der Waals surface area contributed by atoms with Crippen LogP contribution in [0, 0.1) is 5.92 Å². The maximum Gasteiger partial charge on any atom is 0.236 e. The molecule has 0 atom stereocenters. The van der Waals surface area contributed by atoms with Gasteiger partial charge in [-0.15, -0.1) is 0 Å². The van der Waals surface area contributed by atoms with Crippen molar-refractivity contribution in [2.24, 2.45) is 11.7 Å². The molecule has 2 N–H and O–H groups in total. The smallest absolute Gasteiger partial charge is 0.236 e. The molecule has 0 aliphatic heterocycles. The van der Waals surface area contributed by atoms with E-state index in [4.69, 9.17) is 5.73 Å². The van der Waals surface area contributed by atoms with Crippen molar-refractivity contribution in [3.63, 3.8) is 0 Å². The maximum atomic E-state index is 12.5. The predicted octanol–water partition coefficient (Wildman–Crippen LogP) is 1.84. The molecule has 0 aromatic heterocycles. The molecule has 0 aromatic carbocycles. The van der Waals surface area contributed by atoms with E-state index in [0.29, 0.717) is 19.1 Å². The molecular weight excluding hydrogens is 250 g/mol. The fourth-order valence-electron chi connectivity index (χ4n) is 3.53. The van der Waals surface area contributed by atoms with Crippen molar-refractivity contribution in [3.05, 3.63) is 0 Å². The van der Waals surface area contributed by atoms with Crippen LogP contribution >= 0.6 is 0 Å². The van der Waals surface area contributed by atoms with Crippen LogP contribution in [0.15, 0.2) is 0 Å². The lowest BCUT2D eigenvalue weighted by molar-refractivity contribution is -0.134. The van der Waals surface area contributed by atoms with Crippen LogP contribution in [0.25, 0.3) is 0 Å². The lowest BCUT2D eigenvalue weighted by Crippen LogP contribution is -2.56. The third kappa shape index (κ3) is 3.34. The van der Waals surface area contributed by atoms with Crippen molar-refractivity contribution >= 4 is 5.91 Å². The molecule has 116 valence electrons. The van der Waals surface area contributed by atoms with Crippen molar-refractivity contribution in [1.82, 2.24) is 9.80 Å². The van der Waals surface area contributed by atoms with E-state index in [1.165, 1.54) is 25.7 Å². The SMILES string of the molecule is CCN(C(=O)CN(C)C1(CN)CCC(C)CC1)C1CC1. The first kappa shape index (κ1) is 15.8. The van der Waals surface area contributed by atoms with Gasteiger partial charge in [0.15, 0.2) is 0 Å². The summed E-state index contributed by atoms with van der Waals surface area (Å²) in [5, 5.41) is 0. The molecular formula is C16H31N3O. The van der Waals surface area contributed by atoms with E-state index < -0.39 is 0 Å². The van der Waals surface area contributed by atoms with Crippen molar-refractivity contribution in [1.29, 1.82) is 0 Å². The van der Waals surface area contributed by atoms with E-state index in [2.05, 4.69) is 25.8 Å². The highest BCUT2D eigenvalue weighted by Gasteiger charge is 2.39. The number of hydrogen-bond donors (Lipinski definition) is 1. The molecule has 20 heavy (non-hydrogen) atoms. The van der Waals surface area contributed by atoms with Crippen LogP contribution in [0.4, 0.5) is 0 Å². The predicted molar refractivity (Wildman–Crippen MR) is 82.5 cm³/mol. The highest BCUT2D eigenvalue weighted by molar-refractivity contribution is 5.79. The van der Waals surface area contributed by atoms with Crippen LogP contribution in [-0.4, -0.2) is 54.0 Å². The first-order valence-electron chi connectivity index (χ1n) is 8.23. The molecule has 0 bridgehead atoms. The van der Waals surface area contributed by atoms with Gasteiger partial charge in [0.25, 0.3) is 0 Å². The molecule has 2 saturated carbocycles. The number of carbonyl (C=O) groups is 1. The Morgan fingerprint density at radius 1 is 1.25 bits per heavy atom. The minimum atomic E-state index is 0.0468. The summed E-state index contributed by atoms with van der Waals surface area (Å²) in [7, 11) is 2.08. The summed E-state index contributed by atoms with van der Waals surface area (Å²) in [4.78, 5) is 16.8. The van der Waals surface area contributed by atoms with Crippen molar-refractivity contribution in [2.45, 2.75) is 64.0 Å². The standard InChI is InChI=1S/C16H31N3O/c1-4-19(14-5-6-14)15(20)11-18(3)16(12-17)9-7-13(2)8-10-16/h13-14H,4-12,17H2,1-3H3. The van der Waals surface area contributed by atoms with E-state index in [1.807, 2.05) is 4.90 Å². The largest absolute Gasteiger partial charge is 0.339 e. The van der Waals surface area contributed by atoms with E-state index >= 15 is 0 Å². The summed E-state index contributed by atoms with van der Waals surface area (Å²) in [5.74, 6) is 1.08. The molecule has 0 saturated heterocycles. The van der Waals surface area contributed by atoms with Gasteiger partial charge in [-0.25, -0.2) is 0 Å². The van der Waals surface area contributed by atoms with E-state index in [9.17, 15) is 4.79 Å². The molecule has 2 rings (SSSR count). The number of nitrogens with two attached hydrogens (primary N) is 1. The number of likely N-dealkylation sites (N-methyl/N-ethyl adjacent to an activating group) is 2. The van der Waals surface area contributed by atoms with Crippen LogP contribution in [0.1, 0.15) is 52.4 Å². The van der Waals surface area contributed by atoms with Gasteiger partial charge in [0.1, 0.15) is 0 Å². The second-order valence-electron chi connectivity index (χ2n) is 6.88. The molecule has 1 amide bonds. The molecule has 2 aliphatic rings. The summed E-state index contributed by atoms with van der Waals surface area (Å²) >= 11 is 0. The number of amides is 1. The zero-order chi connectivity index (χ0) is 14.8. The summed E-state index contributed by atoms with van der Waals surface area (Å²) < 4.78 is 0. The minimum absolute atomic E-state index is 0.0468. The monoisotopic (exact) mass is 281 g/mol. The Morgan fingerprint density at radius 3 is 2.30 bits per heavy atom. The molecule has 0 unspecified atom stereocenters. The zero-order valence-electron chi connectivity index (χ0n) is 13.4. The minimum Gasteiger partial charge on any atom is -0.339 e. The third-order valence-corrected chi connectivity index (χ3v) is 5.42. The summed E-state index contributed by atoms with van der Waals surface area (Å²) in [6, 6.07) is 0.515. The van der Waals surface area contributed by atoms with Crippen LogP contribution in [0.3, 0.4) is 0 Å². The first-order chi connectivity index (χ1) is 9.52. The quantitative estimate of drug-likeness (QED) is 0.808. The Morgan fingerprint density at radius 2 is 1.85 bits per heavy atom. The molecule has 0 radical (unpaired) electrons. The molecule has 0 heterocycles. The van der Waals surface area contributed by atoms with E-state index in [0.717, 1.165) is 25.3 Å². The summed E-state index contributed by atoms with van der Waals surface area (Å²) in [6.45, 7) is 6.42. The van der Waals surface area contributed by atoms with Gasteiger partial charge < -0.3 is 10.6 Å². The van der Waals surface area contributed by atoms with Gasteiger partial charge in [-0.05, 0) is 58.4 Å². The Bertz CT molecular complexity index is 333. The summed E-state index contributed by atoms with van der Waals surface area (Å²) in [5.41, 5.74) is 6.12. The van der Waals surface area contributed by atoms with Gasteiger partial charge in [0.05, 0.1) is 6.54 Å². The van der Waals surface area contributed by atoms with E-state index in [-0.39, 0.29) is 11.4 Å². The normalized spacial score (nSPS) is 30.6. The number of carbonyl (C=O) groups excluding carboxylic acids is 1. The second kappa shape index (κ2) is 6.44. The van der Waals surface area contributed by atoms with Crippen LogP contribution in [0.5, 0.6) is 0 Å². The molecule has 4 heteroatoms. The maximum absolute atomic E-state index is 12.5. The van der Waals surface area contributed by atoms with Gasteiger partial charge in [0.2, 0.25) is 5.91 Å². The second-order valence-corrected chi connectivity index (χ2v) is 6.88. The molecule has 0 aromatic rings. The van der Waals surface area contributed by atoms with Crippen molar-refractivity contribution < 1.29 is 4.79 Å². The number of nitrogens with zero attached hydrogens (tertiary/aromatic N) is 2. The van der Waals surface area contributed by atoms with Gasteiger partial charge >= 0.3 is 0 Å². The Labute approximate surface area is 123 Å². The fraction of sp³-hybridized carbons (Fsp3) is 0.938. The fourth-order valence-corrected chi connectivity index (χ4v) is 3.53. The van der Waals surface area contributed by atoms with E-state index in [1.54, 1.807) is 0 Å². The lowest BCUT2D eigenvalue weighted by Gasteiger charge is -2.45. The number of rotatable bonds is 6. The molecule has 2 aliphatic carbocycles. The third-order valence-electron chi connectivity index (χ3n) is 5.42. The Balaban J connectivity index is 1.94. The summed E-state index contributed by atoms with van der Waals surface area (Å²) in [6.07, 6.45) is 7.09. The van der Waals surface area contributed by atoms with Crippen molar-refractivity contribution in [3.8, 4) is 0 Å². The van der Waals surface area contributed by atoms with Crippen LogP contribution in [-0.2, 0) is 4.79 Å². The van der Waals surface area contributed by atoms with Crippen molar-refractivity contribution in [2.75, 3.05) is 26.7 Å². The van der Waals surface area contributed by atoms with Gasteiger partial charge in [-0.1, -0.05) is 6.92 Å². The zero-order valence-corrected chi connectivity index (χ0v) is 13.4. The highest BCUT2D eigenvalue weighted by Crippen LogP contribution is 2.35. The van der Waals surface area contributed by atoms with Gasteiger partial charge in [0, 0.05) is 24.7 Å². The lowest BCUT2D eigenvalue weighted by atomic mass is 9.76. The Kier molecular flexibility index (Phi) is 5.08. The van der Waals surface area contributed by atoms with Gasteiger partial charge in [-0.3, -0.25) is 9.69 Å². The average molecular weight is 281 g/mol. The average Bonchev–Trinajstić information content (AvgIpc) is 3.25. The van der Waals surface area contributed by atoms with Crippen LogP contribution < -0.4 is 5.73 Å². The Hall–Kier alpha value is -0.610. The molecule has 0 spiro atoms. The molecule has 2 fully saturated rings. The van der Waals surface area contributed by atoms with Crippen LogP contribution in [0.2, 0.25) is 0 Å². The number of hydrogen-bond acceptors (Lipinski definition) is 3. The first-order valence-corrected chi connectivity index (χ1v) is 8.23. The molecule has 4 nitrogen and oxygen atoms in total.